The summed E-state index contributed by atoms with van der Waals surface area (Å²) in [6.45, 7) is 0. The number of benzene rings is 3. The van der Waals surface area contributed by atoms with Crippen LogP contribution in [0.4, 0.5) is 14.5 Å². The predicted molar refractivity (Wildman–Crippen MR) is 136 cm³/mol. The number of nitrogens with zero attached hydrogens (tertiary/aromatic N) is 2. The van der Waals surface area contributed by atoms with Gasteiger partial charge in [0.15, 0.2) is 0 Å². The zero-order valence-corrected chi connectivity index (χ0v) is 19.8. The minimum atomic E-state index is -0.850. The molecule has 0 bridgehead atoms. The molecule has 5 rings (SSSR count). The highest BCUT2D eigenvalue weighted by Crippen LogP contribution is 2.46. The summed E-state index contributed by atoms with van der Waals surface area (Å²) < 4.78 is 26.8. The largest absolute Gasteiger partial charge is 0.508 e. The molecular formula is C28H22F2N2O3S. The Morgan fingerprint density at radius 1 is 0.889 bits per heavy atom. The number of amides is 1. The van der Waals surface area contributed by atoms with Crippen molar-refractivity contribution in [1.29, 1.82) is 0 Å². The van der Waals surface area contributed by atoms with Crippen molar-refractivity contribution in [2.24, 2.45) is 0 Å². The monoisotopic (exact) mass is 504 g/mol. The summed E-state index contributed by atoms with van der Waals surface area (Å²) in [6.07, 6.45) is 1.87. The fourth-order valence-corrected chi connectivity index (χ4v) is 5.57. The topological polar surface area (TPSA) is 73.7 Å². The van der Waals surface area contributed by atoms with E-state index in [4.69, 9.17) is 0 Å². The number of phenolic OH excluding ortho intramolecular Hbond substituents is 1. The van der Waals surface area contributed by atoms with E-state index in [9.17, 15) is 23.8 Å². The van der Waals surface area contributed by atoms with Gasteiger partial charge in [0.1, 0.15) is 22.6 Å². The van der Waals surface area contributed by atoms with Gasteiger partial charge in [-0.3, -0.25) is 9.78 Å². The number of phenols is 1. The first-order valence-electron chi connectivity index (χ1n) is 11.3. The molecule has 0 aliphatic carbocycles. The Kier molecular flexibility index (Phi) is 6.71. The van der Waals surface area contributed by atoms with Crippen LogP contribution in [0.15, 0.2) is 91.3 Å². The van der Waals surface area contributed by atoms with Crippen LogP contribution in [-0.2, 0) is 4.79 Å². The normalized spacial score (nSPS) is 18.1. The van der Waals surface area contributed by atoms with Gasteiger partial charge in [0.05, 0.1) is 18.3 Å². The molecule has 3 aromatic carbocycles. The first kappa shape index (κ1) is 24.0. The average molecular weight is 505 g/mol. The Labute approximate surface area is 211 Å². The third-order valence-corrected chi connectivity index (χ3v) is 7.48. The first-order chi connectivity index (χ1) is 17.4. The van der Waals surface area contributed by atoms with Crippen LogP contribution in [0.3, 0.4) is 0 Å². The van der Waals surface area contributed by atoms with Gasteiger partial charge in [0, 0.05) is 23.2 Å². The number of halogens is 2. The number of β-lactam (4-membered cyclic amide) rings is 1. The zero-order chi connectivity index (χ0) is 25.2. The molecule has 2 N–H and O–H groups in total. The molecule has 0 spiro atoms. The van der Waals surface area contributed by atoms with E-state index < -0.39 is 17.2 Å². The predicted octanol–water partition coefficient (Wildman–Crippen LogP) is 5.66. The van der Waals surface area contributed by atoms with E-state index >= 15 is 0 Å². The lowest BCUT2D eigenvalue weighted by atomic mass is 9.92. The molecule has 1 aliphatic heterocycles. The Morgan fingerprint density at radius 3 is 2.25 bits per heavy atom. The van der Waals surface area contributed by atoms with Crippen molar-refractivity contribution in [3.05, 3.63) is 114 Å². The van der Waals surface area contributed by atoms with E-state index in [0.29, 0.717) is 16.8 Å². The number of aliphatic hydroxyl groups excluding tert-OH is 1. The van der Waals surface area contributed by atoms with E-state index in [-0.39, 0.29) is 29.3 Å². The van der Waals surface area contributed by atoms with Gasteiger partial charge < -0.3 is 15.1 Å². The van der Waals surface area contributed by atoms with Crippen molar-refractivity contribution in [2.45, 2.75) is 17.4 Å². The lowest BCUT2D eigenvalue weighted by molar-refractivity contribution is -0.123. The molecular weight excluding hydrogens is 482 g/mol. The number of thioether (sulfide) groups is 1. The van der Waals surface area contributed by atoms with Gasteiger partial charge >= 0.3 is 0 Å². The molecule has 1 fully saturated rings. The third kappa shape index (κ3) is 4.82. The molecule has 1 aromatic heterocycles. The summed E-state index contributed by atoms with van der Waals surface area (Å²) in [5, 5.41) is 19.9. The maximum absolute atomic E-state index is 13.6. The van der Waals surface area contributed by atoms with Crippen LogP contribution in [0.2, 0.25) is 0 Å². The lowest BCUT2D eigenvalue weighted by Gasteiger charge is -2.47. The molecule has 0 saturated carbocycles. The van der Waals surface area contributed by atoms with Gasteiger partial charge in [-0.1, -0.05) is 36.4 Å². The quantitative estimate of drug-likeness (QED) is 0.318. The van der Waals surface area contributed by atoms with Crippen molar-refractivity contribution in [2.75, 3.05) is 10.7 Å². The fourth-order valence-electron chi connectivity index (χ4n) is 4.27. The highest BCUT2D eigenvalue weighted by atomic mass is 32.2. The van der Waals surface area contributed by atoms with Crippen LogP contribution in [0.1, 0.15) is 23.3 Å². The highest BCUT2D eigenvalue weighted by molar-refractivity contribution is 8.00. The minimum absolute atomic E-state index is 0.107. The summed E-state index contributed by atoms with van der Waals surface area (Å²) in [4.78, 5) is 18.8. The van der Waals surface area contributed by atoms with E-state index in [1.165, 1.54) is 42.1 Å². The van der Waals surface area contributed by atoms with Crippen molar-refractivity contribution in [1.82, 2.24) is 4.98 Å². The number of rotatable bonds is 7. The molecule has 8 heteroatoms. The molecule has 4 aromatic rings. The van der Waals surface area contributed by atoms with E-state index in [1.807, 2.05) is 12.1 Å². The highest BCUT2D eigenvalue weighted by Gasteiger charge is 2.49. The van der Waals surface area contributed by atoms with Crippen LogP contribution in [0.5, 0.6) is 5.75 Å². The maximum Gasteiger partial charge on any atom is 0.243 e. The summed E-state index contributed by atoms with van der Waals surface area (Å²) in [6, 6.07) is 20.7. The number of aromatic nitrogens is 1. The van der Waals surface area contributed by atoms with E-state index in [2.05, 4.69) is 4.98 Å². The van der Waals surface area contributed by atoms with Gasteiger partial charge in [-0.25, -0.2) is 8.78 Å². The molecule has 0 radical (unpaired) electrons. The second-order valence-electron chi connectivity index (χ2n) is 8.50. The molecule has 3 atom stereocenters. The minimum Gasteiger partial charge on any atom is -0.508 e. The Bertz CT molecular complexity index is 1370. The van der Waals surface area contributed by atoms with Crippen LogP contribution in [-0.4, -0.2) is 32.1 Å². The number of pyridine rings is 1. The smallest absolute Gasteiger partial charge is 0.243 e. The number of hydrogen-bond donors (Lipinski definition) is 2. The van der Waals surface area contributed by atoms with Gasteiger partial charge in [-0.05, 0) is 59.2 Å². The van der Waals surface area contributed by atoms with E-state index in [0.717, 1.165) is 17.3 Å². The van der Waals surface area contributed by atoms with Gasteiger partial charge in [-0.15, -0.1) is 11.8 Å². The third-order valence-electron chi connectivity index (χ3n) is 6.15. The summed E-state index contributed by atoms with van der Waals surface area (Å²) in [7, 11) is 0. The van der Waals surface area contributed by atoms with Crippen molar-refractivity contribution < 1.29 is 23.8 Å². The summed E-state index contributed by atoms with van der Waals surface area (Å²) in [5.74, 6) is -0.528. The zero-order valence-electron chi connectivity index (χ0n) is 19.0. The van der Waals surface area contributed by atoms with Crippen LogP contribution in [0, 0.1) is 11.6 Å². The summed E-state index contributed by atoms with van der Waals surface area (Å²) >= 11 is 1.34. The number of anilines is 1. The van der Waals surface area contributed by atoms with Crippen molar-refractivity contribution >= 4 is 23.4 Å². The number of aliphatic hydroxyl groups is 1. The standard InChI is InChI=1S/C28H22F2N2O3S/c29-21-7-1-18(2-8-21)25(34)16-36-27-26(19-5-11-24(33)12-6-19)32(28(27)35)23-9-3-17(4-10-23)20-13-22(30)15-31-14-20/h1-15,25-27,33-34H,16H2/t25-,26+,27+/m0/s1. The van der Waals surface area contributed by atoms with Crippen molar-refractivity contribution in [3.8, 4) is 16.9 Å². The number of carbonyl (C=O) groups excluding carboxylic acids is 1. The molecule has 1 amide bonds. The molecule has 36 heavy (non-hydrogen) atoms. The second kappa shape index (κ2) is 10.1. The van der Waals surface area contributed by atoms with Crippen LogP contribution in [0.25, 0.3) is 11.1 Å². The van der Waals surface area contributed by atoms with E-state index in [1.54, 1.807) is 47.5 Å². The van der Waals surface area contributed by atoms with Crippen molar-refractivity contribution in [3.63, 3.8) is 0 Å². The van der Waals surface area contributed by atoms with Crippen LogP contribution < -0.4 is 4.90 Å². The van der Waals surface area contributed by atoms with Gasteiger partial charge in [0.25, 0.3) is 0 Å². The number of carbonyl (C=O) groups is 1. The average Bonchev–Trinajstić information content (AvgIpc) is 2.88. The molecule has 2 heterocycles. The second-order valence-corrected chi connectivity index (χ2v) is 9.68. The van der Waals surface area contributed by atoms with Gasteiger partial charge in [-0.2, -0.15) is 0 Å². The fraction of sp³-hybridized carbons (Fsp3) is 0.143. The van der Waals surface area contributed by atoms with Crippen LogP contribution >= 0.6 is 11.8 Å². The molecule has 0 unspecified atom stereocenters. The molecule has 5 nitrogen and oxygen atoms in total. The van der Waals surface area contributed by atoms with Gasteiger partial charge in [0.2, 0.25) is 5.91 Å². The Balaban J connectivity index is 1.37. The maximum atomic E-state index is 13.6. The lowest BCUT2D eigenvalue weighted by Crippen LogP contribution is -2.57. The summed E-state index contributed by atoms with van der Waals surface area (Å²) in [5.41, 5.74) is 3.51. The SMILES string of the molecule is O=C1[C@H](SC[C@H](O)c2ccc(F)cc2)[C@@H](c2ccc(O)cc2)N1c1ccc(-c2cncc(F)c2)cc1. The Morgan fingerprint density at radius 2 is 1.58 bits per heavy atom. The first-order valence-corrected chi connectivity index (χ1v) is 12.3. The number of hydrogen-bond acceptors (Lipinski definition) is 5. The number of aromatic hydroxyl groups is 1. The molecule has 1 aliphatic rings. The molecule has 182 valence electrons. The Hall–Kier alpha value is -3.75. The molecule has 1 saturated heterocycles.